The second kappa shape index (κ2) is 10.7. The van der Waals surface area contributed by atoms with Crippen LogP contribution in [-0.4, -0.2) is 55.7 Å². The van der Waals surface area contributed by atoms with Crippen LogP contribution in [-0.2, 0) is 9.53 Å². The lowest BCUT2D eigenvalue weighted by molar-refractivity contribution is -0.125. The lowest BCUT2D eigenvalue weighted by Crippen LogP contribution is -2.54. The van der Waals surface area contributed by atoms with Gasteiger partial charge in [-0.1, -0.05) is 19.8 Å². The predicted molar refractivity (Wildman–Crippen MR) is 93.9 cm³/mol. The Morgan fingerprint density at radius 3 is 2.41 bits per heavy atom. The Kier molecular flexibility index (Phi) is 10.6. The van der Waals surface area contributed by atoms with E-state index >= 15 is 0 Å². The molecule has 22 heavy (non-hydrogen) atoms. The zero-order chi connectivity index (χ0) is 14.4. The first-order valence-corrected chi connectivity index (χ1v) is 7.96. The van der Waals surface area contributed by atoms with Gasteiger partial charge >= 0.3 is 0 Å². The first-order chi connectivity index (χ1) is 9.66. The van der Waals surface area contributed by atoms with Gasteiger partial charge in [0.1, 0.15) is 0 Å². The minimum Gasteiger partial charge on any atom is -0.379 e. The first-order valence-electron chi connectivity index (χ1n) is 7.96. The zero-order valence-electron chi connectivity index (χ0n) is 13.5. The van der Waals surface area contributed by atoms with Crippen LogP contribution < -0.4 is 11.1 Å². The molecule has 1 saturated carbocycles. The molecule has 1 saturated heterocycles. The molecule has 5 nitrogen and oxygen atoms in total. The maximum atomic E-state index is 12.3. The smallest absolute Gasteiger partial charge is 0.221 e. The standard InChI is InChI=1S/C15H29N3O2.2ClH/c1-13(11-16)12-17-14(19)10-15(4-2-3-5-15)18-6-8-20-9-7-18;;/h13H,2-12,16H2,1H3,(H,17,19);2*1H. The van der Waals surface area contributed by atoms with Gasteiger partial charge in [0.2, 0.25) is 5.91 Å². The van der Waals surface area contributed by atoms with Gasteiger partial charge in [0.05, 0.1) is 13.2 Å². The van der Waals surface area contributed by atoms with Gasteiger partial charge in [-0.2, -0.15) is 0 Å². The highest BCUT2D eigenvalue weighted by Gasteiger charge is 2.41. The summed E-state index contributed by atoms with van der Waals surface area (Å²) < 4.78 is 5.45. The Morgan fingerprint density at radius 2 is 1.86 bits per heavy atom. The number of rotatable bonds is 6. The second-order valence-corrected chi connectivity index (χ2v) is 6.35. The van der Waals surface area contributed by atoms with E-state index < -0.39 is 0 Å². The van der Waals surface area contributed by atoms with Crippen molar-refractivity contribution in [2.24, 2.45) is 11.7 Å². The number of amides is 1. The second-order valence-electron chi connectivity index (χ2n) is 6.35. The van der Waals surface area contributed by atoms with Gasteiger partial charge in [-0.15, -0.1) is 24.8 Å². The highest BCUT2D eigenvalue weighted by atomic mass is 35.5. The summed E-state index contributed by atoms with van der Waals surface area (Å²) in [5, 5.41) is 3.05. The van der Waals surface area contributed by atoms with Crippen LogP contribution >= 0.6 is 24.8 Å². The van der Waals surface area contributed by atoms with Crippen molar-refractivity contribution in [1.82, 2.24) is 10.2 Å². The summed E-state index contributed by atoms with van der Waals surface area (Å²) >= 11 is 0. The molecule has 0 aromatic rings. The first kappa shape index (κ1) is 21.9. The number of halogens is 2. The largest absolute Gasteiger partial charge is 0.379 e. The third-order valence-corrected chi connectivity index (χ3v) is 4.76. The van der Waals surface area contributed by atoms with E-state index in [1.165, 1.54) is 12.8 Å². The van der Waals surface area contributed by atoms with Crippen molar-refractivity contribution in [2.75, 3.05) is 39.4 Å². The van der Waals surface area contributed by atoms with E-state index in [4.69, 9.17) is 10.5 Å². The normalized spacial score (nSPS) is 22.3. The third-order valence-electron chi connectivity index (χ3n) is 4.76. The van der Waals surface area contributed by atoms with Crippen LogP contribution in [0, 0.1) is 5.92 Å². The summed E-state index contributed by atoms with van der Waals surface area (Å²) in [6, 6.07) is 0. The Hall–Kier alpha value is -0.0700. The highest BCUT2D eigenvalue weighted by Crippen LogP contribution is 2.38. The van der Waals surface area contributed by atoms with Crippen molar-refractivity contribution < 1.29 is 9.53 Å². The van der Waals surface area contributed by atoms with Crippen LogP contribution in [0.3, 0.4) is 0 Å². The van der Waals surface area contributed by atoms with Gasteiger partial charge in [-0.3, -0.25) is 9.69 Å². The van der Waals surface area contributed by atoms with Crippen LogP contribution in [0.15, 0.2) is 0 Å². The number of hydrogen-bond donors (Lipinski definition) is 2. The van der Waals surface area contributed by atoms with Crippen molar-refractivity contribution in [1.29, 1.82) is 0 Å². The fourth-order valence-electron chi connectivity index (χ4n) is 3.41. The van der Waals surface area contributed by atoms with E-state index in [1.54, 1.807) is 0 Å². The molecule has 2 fully saturated rings. The summed E-state index contributed by atoms with van der Waals surface area (Å²) in [5.41, 5.74) is 5.67. The highest BCUT2D eigenvalue weighted by molar-refractivity contribution is 5.85. The van der Waals surface area contributed by atoms with E-state index in [0.717, 1.165) is 39.1 Å². The number of nitrogens with zero attached hydrogens (tertiary/aromatic N) is 1. The van der Waals surface area contributed by atoms with E-state index in [-0.39, 0.29) is 36.3 Å². The Morgan fingerprint density at radius 1 is 1.27 bits per heavy atom. The summed E-state index contributed by atoms with van der Waals surface area (Å²) in [5.74, 6) is 0.528. The van der Waals surface area contributed by atoms with Crippen LogP contribution in [0.25, 0.3) is 0 Å². The monoisotopic (exact) mass is 355 g/mol. The Labute approximate surface area is 146 Å². The Bertz CT molecular complexity index is 320. The molecule has 7 heteroatoms. The van der Waals surface area contributed by atoms with Crippen LogP contribution in [0.4, 0.5) is 0 Å². The molecule has 0 spiro atoms. The molecule has 0 radical (unpaired) electrons. The topological polar surface area (TPSA) is 67.6 Å². The lowest BCUT2D eigenvalue weighted by atomic mass is 9.90. The van der Waals surface area contributed by atoms with Gasteiger partial charge < -0.3 is 15.8 Å². The van der Waals surface area contributed by atoms with Gasteiger partial charge in [0.25, 0.3) is 0 Å². The van der Waals surface area contributed by atoms with E-state index in [2.05, 4.69) is 17.1 Å². The van der Waals surface area contributed by atoms with Crippen LogP contribution in [0.1, 0.15) is 39.0 Å². The molecule has 2 rings (SSSR count). The summed E-state index contributed by atoms with van der Waals surface area (Å²) in [6.45, 7) is 6.90. The fraction of sp³-hybridized carbons (Fsp3) is 0.933. The van der Waals surface area contributed by atoms with Crippen molar-refractivity contribution in [3.63, 3.8) is 0 Å². The van der Waals surface area contributed by atoms with Crippen molar-refractivity contribution >= 4 is 30.7 Å². The Balaban J connectivity index is 0.00000220. The molecule has 1 unspecified atom stereocenters. The lowest BCUT2D eigenvalue weighted by Gasteiger charge is -2.43. The number of hydrogen-bond acceptors (Lipinski definition) is 4. The van der Waals surface area contributed by atoms with E-state index in [1.807, 2.05) is 0 Å². The molecular weight excluding hydrogens is 325 g/mol. The molecule has 0 aromatic heterocycles. The molecule has 1 atom stereocenters. The molecule has 1 aliphatic heterocycles. The van der Waals surface area contributed by atoms with E-state index in [0.29, 0.717) is 25.4 Å². The van der Waals surface area contributed by atoms with Crippen LogP contribution in [0.2, 0.25) is 0 Å². The molecule has 132 valence electrons. The average molecular weight is 356 g/mol. The number of nitrogens with one attached hydrogen (secondary N) is 1. The van der Waals surface area contributed by atoms with Gasteiger partial charge in [-0.25, -0.2) is 0 Å². The van der Waals surface area contributed by atoms with Crippen molar-refractivity contribution in [3.05, 3.63) is 0 Å². The quantitative estimate of drug-likeness (QED) is 0.758. The minimum absolute atomic E-state index is 0. The van der Waals surface area contributed by atoms with Crippen LogP contribution in [0.5, 0.6) is 0 Å². The molecule has 0 bridgehead atoms. The van der Waals surface area contributed by atoms with Gasteiger partial charge in [0.15, 0.2) is 0 Å². The molecule has 1 aliphatic carbocycles. The van der Waals surface area contributed by atoms with Gasteiger partial charge in [-0.05, 0) is 25.3 Å². The number of carbonyl (C=O) groups excluding carboxylic acids is 1. The SMILES string of the molecule is CC(CN)CNC(=O)CC1(N2CCOCC2)CCCC1.Cl.Cl. The fourth-order valence-corrected chi connectivity index (χ4v) is 3.41. The summed E-state index contributed by atoms with van der Waals surface area (Å²) in [6.07, 6.45) is 5.40. The number of nitrogens with two attached hydrogens (primary N) is 1. The van der Waals surface area contributed by atoms with Crippen molar-refractivity contribution in [2.45, 2.75) is 44.6 Å². The number of morpholine rings is 1. The molecule has 1 amide bonds. The van der Waals surface area contributed by atoms with Crippen molar-refractivity contribution in [3.8, 4) is 0 Å². The molecule has 0 aromatic carbocycles. The average Bonchev–Trinajstić information content (AvgIpc) is 2.95. The molecule has 2 aliphatic rings. The molecule has 3 N–H and O–H groups in total. The van der Waals surface area contributed by atoms with Gasteiger partial charge in [0, 0.05) is 31.6 Å². The summed E-state index contributed by atoms with van der Waals surface area (Å²) in [7, 11) is 0. The molecular formula is C15H31Cl2N3O2. The summed E-state index contributed by atoms with van der Waals surface area (Å²) in [4.78, 5) is 14.8. The zero-order valence-corrected chi connectivity index (χ0v) is 15.1. The maximum absolute atomic E-state index is 12.3. The maximum Gasteiger partial charge on any atom is 0.221 e. The van der Waals surface area contributed by atoms with E-state index in [9.17, 15) is 4.79 Å². The minimum atomic E-state index is 0. The molecule has 1 heterocycles. The number of ether oxygens (including phenoxy) is 1. The number of carbonyl (C=O) groups is 1. The third kappa shape index (κ3) is 5.85. The predicted octanol–water partition coefficient (Wildman–Crippen LogP) is 1.58.